The van der Waals surface area contributed by atoms with Crippen molar-refractivity contribution in [2.24, 2.45) is 0 Å². The third-order valence-corrected chi connectivity index (χ3v) is 7.17. The summed E-state index contributed by atoms with van der Waals surface area (Å²) in [6, 6.07) is 20.6. The van der Waals surface area contributed by atoms with Crippen molar-refractivity contribution in [2.75, 3.05) is 0 Å². The summed E-state index contributed by atoms with van der Waals surface area (Å²) in [6.07, 6.45) is 11.3. The third kappa shape index (κ3) is 6.89. The van der Waals surface area contributed by atoms with E-state index >= 15 is 4.39 Å². The molecule has 184 valence electrons. The first-order valence-corrected chi connectivity index (χ1v) is 13.7. The van der Waals surface area contributed by atoms with Gasteiger partial charge in [0, 0.05) is 22.3 Å². The highest BCUT2D eigenvalue weighted by atomic mass is 19.1. The van der Waals surface area contributed by atoms with Crippen LogP contribution in [0.4, 0.5) is 4.39 Å². The molecule has 1 fully saturated rings. The number of aryl methyl sites for hydroxylation is 2. The minimum Gasteiger partial charge on any atom is -0.205 e. The molecule has 0 amide bonds. The van der Waals surface area contributed by atoms with Gasteiger partial charge in [0.05, 0.1) is 5.56 Å². The van der Waals surface area contributed by atoms with Crippen molar-refractivity contribution >= 4 is 0 Å². The van der Waals surface area contributed by atoms with Gasteiger partial charge in [-0.05, 0) is 92.0 Å². The lowest BCUT2D eigenvalue weighted by Crippen LogP contribution is -2.03. The van der Waals surface area contributed by atoms with Crippen molar-refractivity contribution in [1.82, 2.24) is 0 Å². The van der Waals surface area contributed by atoms with Crippen LogP contribution in [0.3, 0.4) is 0 Å². The summed E-state index contributed by atoms with van der Waals surface area (Å²) in [5.74, 6) is 12.9. The predicted octanol–water partition coefficient (Wildman–Crippen LogP) is 8.97. The van der Waals surface area contributed by atoms with Crippen LogP contribution in [-0.2, 0) is 12.8 Å². The average Bonchev–Trinajstić information content (AvgIpc) is 3.44. The van der Waals surface area contributed by atoms with E-state index in [1.165, 1.54) is 36.8 Å². The van der Waals surface area contributed by atoms with Crippen molar-refractivity contribution in [3.8, 4) is 23.7 Å². The van der Waals surface area contributed by atoms with E-state index < -0.39 is 0 Å². The molecule has 1 heteroatoms. The summed E-state index contributed by atoms with van der Waals surface area (Å²) in [5.41, 5.74) is 6.61. The van der Waals surface area contributed by atoms with Crippen LogP contribution >= 0.6 is 0 Å². The monoisotopic (exact) mass is 476 g/mol. The first-order valence-electron chi connectivity index (χ1n) is 13.7. The van der Waals surface area contributed by atoms with Crippen LogP contribution in [0.15, 0.2) is 60.7 Å². The fraction of sp³-hybridized carbons (Fsp3) is 0.371. The SMILES string of the molecule is CCCCc1ccc(C#Cc2ccc(C#Cc3ccc(CCCC)cc3)c(C3CCCC3)c2F)cc1. The Morgan fingerprint density at radius 2 is 1.11 bits per heavy atom. The van der Waals surface area contributed by atoms with Crippen molar-refractivity contribution in [1.29, 1.82) is 0 Å². The predicted molar refractivity (Wildman–Crippen MR) is 150 cm³/mol. The molecule has 0 spiro atoms. The van der Waals surface area contributed by atoms with E-state index in [4.69, 9.17) is 0 Å². The van der Waals surface area contributed by atoms with Crippen LogP contribution in [0, 0.1) is 29.5 Å². The summed E-state index contributed by atoms with van der Waals surface area (Å²) < 4.78 is 15.8. The summed E-state index contributed by atoms with van der Waals surface area (Å²) >= 11 is 0. The first kappa shape index (κ1) is 25.8. The highest BCUT2D eigenvalue weighted by Gasteiger charge is 2.24. The number of unbranched alkanes of at least 4 members (excludes halogenated alkanes) is 2. The second-order valence-electron chi connectivity index (χ2n) is 9.97. The van der Waals surface area contributed by atoms with Crippen LogP contribution in [-0.4, -0.2) is 0 Å². The number of hydrogen-bond acceptors (Lipinski definition) is 0. The van der Waals surface area contributed by atoms with Gasteiger partial charge in [0.25, 0.3) is 0 Å². The highest BCUT2D eigenvalue weighted by Crippen LogP contribution is 2.38. The molecule has 0 heterocycles. The molecule has 36 heavy (non-hydrogen) atoms. The molecule has 1 aliphatic rings. The minimum atomic E-state index is -0.185. The van der Waals surface area contributed by atoms with Crippen molar-refractivity contribution in [2.45, 2.75) is 84.0 Å². The fourth-order valence-electron chi connectivity index (χ4n) is 4.96. The van der Waals surface area contributed by atoms with Crippen LogP contribution in [0.1, 0.15) is 110 Å². The van der Waals surface area contributed by atoms with Gasteiger partial charge in [0.2, 0.25) is 0 Å². The van der Waals surface area contributed by atoms with Gasteiger partial charge in [0.15, 0.2) is 0 Å². The topological polar surface area (TPSA) is 0 Å². The molecule has 0 saturated heterocycles. The van der Waals surface area contributed by atoms with Gasteiger partial charge in [-0.1, -0.05) is 87.5 Å². The van der Waals surface area contributed by atoms with Gasteiger partial charge in [0.1, 0.15) is 5.82 Å². The van der Waals surface area contributed by atoms with E-state index in [1.807, 2.05) is 18.2 Å². The van der Waals surface area contributed by atoms with Gasteiger partial charge in [-0.25, -0.2) is 4.39 Å². The Morgan fingerprint density at radius 1 is 0.639 bits per heavy atom. The largest absolute Gasteiger partial charge is 0.205 e. The van der Waals surface area contributed by atoms with E-state index in [0.29, 0.717) is 5.56 Å². The average molecular weight is 477 g/mol. The quantitative estimate of drug-likeness (QED) is 0.299. The molecule has 1 saturated carbocycles. The second kappa shape index (κ2) is 13.1. The molecular weight excluding hydrogens is 439 g/mol. The Kier molecular flexibility index (Phi) is 9.41. The molecule has 0 radical (unpaired) electrons. The normalized spacial score (nSPS) is 13.1. The van der Waals surface area contributed by atoms with Crippen LogP contribution < -0.4 is 0 Å². The highest BCUT2D eigenvalue weighted by molar-refractivity contribution is 5.54. The Labute approximate surface area is 217 Å². The summed E-state index contributed by atoms with van der Waals surface area (Å²) in [6.45, 7) is 4.42. The van der Waals surface area contributed by atoms with Gasteiger partial charge in [-0.15, -0.1) is 0 Å². The molecule has 0 aromatic heterocycles. The standard InChI is InChI=1S/C35H37F/c1-3-5-9-27-13-17-29(18-14-27)21-23-32-25-26-33(35(36)34(32)31-11-7-8-12-31)24-22-30-19-15-28(16-20-30)10-6-4-2/h13-20,25-26,31H,3-12H2,1-2H3. The molecule has 3 aromatic rings. The molecule has 0 bridgehead atoms. The van der Waals surface area contributed by atoms with Gasteiger partial charge in [-0.2, -0.15) is 0 Å². The lowest BCUT2D eigenvalue weighted by atomic mass is 9.90. The number of hydrogen-bond donors (Lipinski definition) is 0. The van der Waals surface area contributed by atoms with Crippen molar-refractivity contribution < 1.29 is 4.39 Å². The van der Waals surface area contributed by atoms with Gasteiger partial charge < -0.3 is 0 Å². The van der Waals surface area contributed by atoms with E-state index in [2.05, 4.69) is 73.9 Å². The zero-order valence-electron chi connectivity index (χ0n) is 21.8. The Hall–Kier alpha value is -3.29. The summed E-state index contributed by atoms with van der Waals surface area (Å²) in [4.78, 5) is 0. The smallest absolute Gasteiger partial charge is 0.143 e. The molecule has 0 N–H and O–H groups in total. The fourth-order valence-corrected chi connectivity index (χ4v) is 4.96. The molecule has 1 aliphatic carbocycles. The van der Waals surface area contributed by atoms with Crippen LogP contribution in [0.25, 0.3) is 0 Å². The Bertz CT molecular complexity index is 1250. The molecule has 0 nitrogen and oxygen atoms in total. The van der Waals surface area contributed by atoms with Crippen LogP contribution in [0.5, 0.6) is 0 Å². The molecule has 3 aromatic carbocycles. The number of halogens is 1. The lowest BCUT2D eigenvalue weighted by Gasteiger charge is -2.14. The molecule has 0 aliphatic heterocycles. The summed E-state index contributed by atoms with van der Waals surface area (Å²) in [7, 11) is 0. The van der Waals surface area contributed by atoms with Crippen molar-refractivity contribution in [3.63, 3.8) is 0 Å². The Balaban J connectivity index is 1.59. The maximum atomic E-state index is 15.8. The summed E-state index contributed by atoms with van der Waals surface area (Å²) in [5, 5.41) is 0. The second-order valence-corrected chi connectivity index (χ2v) is 9.97. The van der Waals surface area contributed by atoms with E-state index in [1.54, 1.807) is 6.07 Å². The maximum absolute atomic E-state index is 15.8. The zero-order chi connectivity index (χ0) is 25.2. The molecule has 4 rings (SSSR count). The molecule has 0 atom stereocenters. The zero-order valence-corrected chi connectivity index (χ0v) is 21.8. The minimum absolute atomic E-state index is 0.185. The van der Waals surface area contributed by atoms with Gasteiger partial charge >= 0.3 is 0 Å². The van der Waals surface area contributed by atoms with Crippen LogP contribution in [0.2, 0.25) is 0 Å². The maximum Gasteiger partial charge on any atom is 0.143 e. The number of benzene rings is 3. The van der Waals surface area contributed by atoms with E-state index in [-0.39, 0.29) is 11.7 Å². The van der Waals surface area contributed by atoms with Gasteiger partial charge in [-0.3, -0.25) is 0 Å². The van der Waals surface area contributed by atoms with E-state index in [0.717, 1.165) is 60.8 Å². The number of rotatable bonds is 7. The molecular formula is C35H37F. The first-order chi connectivity index (χ1) is 17.7. The molecule has 0 unspecified atom stereocenters. The third-order valence-electron chi connectivity index (χ3n) is 7.17. The van der Waals surface area contributed by atoms with E-state index in [9.17, 15) is 0 Å². The lowest BCUT2D eigenvalue weighted by molar-refractivity contribution is 0.576. The Morgan fingerprint density at radius 3 is 1.61 bits per heavy atom. The van der Waals surface area contributed by atoms with Crippen molar-refractivity contribution in [3.05, 3.63) is 105 Å².